The van der Waals surface area contributed by atoms with Gasteiger partial charge in [-0.2, -0.15) is 14.7 Å². The molecule has 1 fully saturated rings. The molecule has 28 heavy (non-hydrogen) atoms. The molecule has 2 aromatic rings. The van der Waals surface area contributed by atoms with Crippen molar-refractivity contribution in [2.45, 2.75) is 31.7 Å². The summed E-state index contributed by atoms with van der Waals surface area (Å²) in [7, 11) is -3.75. The van der Waals surface area contributed by atoms with Crippen molar-refractivity contribution in [3.05, 3.63) is 47.3 Å². The maximum atomic E-state index is 12.9. The molecule has 148 valence electrons. The van der Waals surface area contributed by atoms with Gasteiger partial charge in [-0.25, -0.2) is 8.42 Å². The molecule has 0 N–H and O–H groups in total. The second kappa shape index (κ2) is 8.12. The summed E-state index contributed by atoms with van der Waals surface area (Å²) in [6, 6.07) is 10.1. The summed E-state index contributed by atoms with van der Waals surface area (Å²) in [5, 5.41) is 13.5. The Balaban J connectivity index is 1.60. The molecule has 1 amide bonds. The van der Waals surface area contributed by atoms with Crippen LogP contribution in [0.5, 0.6) is 0 Å². The fourth-order valence-electron chi connectivity index (χ4n) is 3.36. The molecular weight excluding hydrogens is 378 g/mol. The second-order valence-corrected chi connectivity index (χ2v) is 8.70. The number of aryl methyl sites for hydroxylation is 3. The Bertz CT molecular complexity index is 1010. The number of carbonyl (C=O) groups is 1. The number of nitrogens with zero attached hydrogens (tertiary/aromatic N) is 5. The Morgan fingerprint density at radius 2 is 1.86 bits per heavy atom. The van der Waals surface area contributed by atoms with Crippen molar-refractivity contribution in [3.8, 4) is 6.07 Å². The van der Waals surface area contributed by atoms with Crippen LogP contribution in [0, 0.1) is 25.2 Å². The van der Waals surface area contributed by atoms with Gasteiger partial charge in [0.1, 0.15) is 6.07 Å². The van der Waals surface area contributed by atoms with Gasteiger partial charge >= 0.3 is 0 Å². The summed E-state index contributed by atoms with van der Waals surface area (Å²) < 4.78 is 28.9. The number of amides is 1. The minimum absolute atomic E-state index is 0.0120. The number of nitriles is 1. The maximum absolute atomic E-state index is 12.9. The molecule has 0 bridgehead atoms. The van der Waals surface area contributed by atoms with E-state index >= 15 is 0 Å². The summed E-state index contributed by atoms with van der Waals surface area (Å²) in [5.74, 6) is -0.0120. The van der Waals surface area contributed by atoms with Crippen molar-refractivity contribution < 1.29 is 13.2 Å². The van der Waals surface area contributed by atoms with E-state index in [1.807, 2.05) is 30.7 Å². The van der Waals surface area contributed by atoms with Crippen LogP contribution in [0.2, 0.25) is 0 Å². The smallest absolute Gasteiger partial charge is 0.244 e. The van der Waals surface area contributed by atoms with Crippen LogP contribution in [-0.4, -0.2) is 59.5 Å². The van der Waals surface area contributed by atoms with E-state index in [4.69, 9.17) is 0 Å². The van der Waals surface area contributed by atoms with E-state index in [2.05, 4.69) is 5.10 Å². The minimum atomic E-state index is -3.75. The molecule has 1 aromatic heterocycles. The molecular formula is C19H23N5O3S. The summed E-state index contributed by atoms with van der Waals surface area (Å²) in [4.78, 5) is 14.2. The van der Waals surface area contributed by atoms with Crippen LogP contribution in [0.25, 0.3) is 0 Å². The Labute approximate surface area is 165 Å². The van der Waals surface area contributed by atoms with Crippen molar-refractivity contribution >= 4 is 15.9 Å². The summed E-state index contributed by atoms with van der Waals surface area (Å²) in [6.07, 6.45) is 0.325. The van der Waals surface area contributed by atoms with Gasteiger partial charge in [0.05, 0.1) is 16.2 Å². The summed E-state index contributed by atoms with van der Waals surface area (Å²) >= 11 is 0. The lowest BCUT2D eigenvalue weighted by Gasteiger charge is -2.34. The Kier molecular flexibility index (Phi) is 5.82. The summed E-state index contributed by atoms with van der Waals surface area (Å²) in [6.45, 7) is 5.48. The predicted octanol–water partition coefficient (Wildman–Crippen LogP) is 1.29. The van der Waals surface area contributed by atoms with Crippen molar-refractivity contribution in [3.63, 3.8) is 0 Å². The zero-order valence-corrected chi connectivity index (χ0v) is 16.8. The monoisotopic (exact) mass is 401 g/mol. The van der Waals surface area contributed by atoms with Gasteiger partial charge < -0.3 is 4.90 Å². The molecule has 1 aromatic carbocycles. The Morgan fingerprint density at radius 3 is 2.46 bits per heavy atom. The third-order valence-electron chi connectivity index (χ3n) is 4.86. The van der Waals surface area contributed by atoms with Crippen molar-refractivity contribution in [2.24, 2.45) is 0 Å². The molecule has 0 aliphatic carbocycles. The van der Waals surface area contributed by atoms with E-state index in [9.17, 15) is 18.5 Å². The molecule has 0 radical (unpaired) electrons. The SMILES string of the molecule is Cc1cc(C)n(CCC(=O)N2CCN(S(=O)(=O)c3ccccc3C#N)CC2)n1. The van der Waals surface area contributed by atoms with Gasteiger partial charge in [0.25, 0.3) is 0 Å². The first-order chi connectivity index (χ1) is 13.3. The third-order valence-corrected chi connectivity index (χ3v) is 6.81. The topological polar surface area (TPSA) is 99.3 Å². The van der Waals surface area contributed by atoms with Crippen LogP contribution in [0.3, 0.4) is 0 Å². The van der Waals surface area contributed by atoms with E-state index < -0.39 is 10.0 Å². The van der Waals surface area contributed by atoms with Gasteiger partial charge in [0, 0.05) is 44.8 Å². The van der Waals surface area contributed by atoms with Crippen LogP contribution < -0.4 is 0 Å². The molecule has 2 heterocycles. The second-order valence-electron chi connectivity index (χ2n) is 6.79. The van der Waals surface area contributed by atoms with E-state index in [0.29, 0.717) is 26.1 Å². The van der Waals surface area contributed by atoms with Gasteiger partial charge in [-0.15, -0.1) is 0 Å². The summed E-state index contributed by atoms with van der Waals surface area (Å²) in [5.41, 5.74) is 2.06. The van der Waals surface area contributed by atoms with E-state index in [0.717, 1.165) is 11.4 Å². The quantitative estimate of drug-likeness (QED) is 0.752. The van der Waals surface area contributed by atoms with Crippen LogP contribution in [0.1, 0.15) is 23.4 Å². The highest BCUT2D eigenvalue weighted by Gasteiger charge is 2.31. The Hall–Kier alpha value is -2.70. The van der Waals surface area contributed by atoms with Gasteiger partial charge in [-0.05, 0) is 32.0 Å². The maximum Gasteiger partial charge on any atom is 0.244 e. The number of aromatic nitrogens is 2. The van der Waals surface area contributed by atoms with Gasteiger partial charge in [-0.3, -0.25) is 9.48 Å². The number of benzene rings is 1. The Morgan fingerprint density at radius 1 is 1.18 bits per heavy atom. The molecule has 9 heteroatoms. The highest BCUT2D eigenvalue weighted by atomic mass is 32.2. The number of hydrogen-bond acceptors (Lipinski definition) is 5. The average molecular weight is 401 g/mol. The number of carbonyl (C=O) groups excluding carboxylic acids is 1. The zero-order chi connectivity index (χ0) is 20.3. The van der Waals surface area contributed by atoms with Crippen molar-refractivity contribution in [1.82, 2.24) is 19.0 Å². The van der Waals surface area contributed by atoms with Crippen LogP contribution >= 0.6 is 0 Å². The molecule has 1 aliphatic heterocycles. The number of rotatable bonds is 5. The lowest BCUT2D eigenvalue weighted by Crippen LogP contribution is -2.50. The first-order valence-corrected chi connectivity index (χ1v) is 10.5. The standard InChI is InChI=1S/C19H23N5O3S/c1-15-13-16(2)24(21-15)8-7-19(25)22-9-11-23(12-10-22)28(26,27)18-6-4-3-5-17(18)14-20/h3-6,13H,7-12H2,1-2H3. The molecule has 0 atom stereocenters. The van der Waals surface area contributed by atoms with Crippen LogP contribution in [-0.2, 0) is 21.4 Å². The van der Waals surface area contributed by atoms with Crippen molar-refractivity contribution in [1.29, 1.82) is 5.26 Å². The number of piperazine rings is 1. The fourth-order valence-corrected chi connectivity index (χ4v) is 4.93. The molecule has 0 saturated carbocycles. The largest absolute Gasteiger partial charge is 0.340 e. The number of hydrogen-bond donors (Lipinski definition) is 0. The molecule has 1 aliphatic rings. The third kappa shape index (κ3) is 4.08. The minimum Gasteiger partial charge on any atom is -0.340 e. The first kappa shape index (κ1) is 20.0. The normalized spacial score (nSPS) is 15.4. The van der Waals surface area contributed by atoms with E-state index in [1.54, 1.807) is 17.0 Å². The van der Waals surface area contributed by atoms with Gasteiger partial charge in [0.15, 0.2) is 0 Å². The lowest BCUT2D eigenvalue weighted by atomic mass is 10.2. The first-order valence-electron chi connectivity index (χ1n) is 9.11. The molecule has 0 spiro atoms. The molecule has 1 saturated heterocycles. The van der Waals surface area contributed by atoms with Crippen LogP contribution in [0.15, 0.2) is 35.2 Å². The number of sulfonamides is 1. The molecule has 8 nitrogen and oxygen atoms in total. The predicted molar refractivity (Wildman–Crippen MR) is 103 cm³/mol. The van der Waals surface area contributed by atoms with Crippen molar-refractivity contribution in [2.75, 3.05) is 26.2 Å². The average Bonchev–Trinajstić information content (AvgIpc) is 3.03. The van der Waals surface area contributed by atoms with Crippen LogP contribution in [0.4, 0.5) is 0 Å². The highest BCUT2D eigenvalue weighted by molar-refractivity contribution is 7.89. The molecule has 3 rings (SSSR count). The van der Waals surface area contributed by atoms with Gasteiger partial charge in [-0.1, -0.05) is 12.1 Å². The lowest BCUT2D eigenvalue weighted by molar-refractivity contribution is -0.132. The highest BCUT2D eigenvalue weighted by Crippen LogP contribution is 2.21. The van der Waals surface area contributed by atoms with Gasteiger partial charge in [0.2, 0.25) is 15.9 Å². The van der Waals surface area contributed by atoms with E-state index in [1.165, 1.54) is 16.4 Å². The fraction of sp³-hybridized carbons (Fsp3) is 0.421. The van der Waals surface area contributed by atoms with E-state index in [-0.39, 0.29) is 29.5 Å². The molecule has 0 unspecified atom stereocenters. The zero-order valence-electron chi connectivity index (χ0n) is 16.0.